The minimum Gasteiger partial charge on any atom is -0.396 e. The number of fused-ring (bicyclic) bond motifs is 1. The lowest BCUT2D eigenvalue weighted by molar-refractivity contribution is 0.216. The fourth-order valence-electron chi connectivity index (χ4n) is 2.67. The molecule has 2 heteroatoms. The number of aliphatic hydroxyl groups is 1. The van der Waals surface area contributed by atoms with Crippen molar-refractivity contribution in [3.63, 3.8) is 0 Å². The van der Waals surface area contributed by atoms with Gasteiger partial charge in [-0.05, 0) is 44.4 Å². The van der Waals surface area contributed by atoms with E-state index < -0.39 is 0 Å². The predicted molar refractivity (Wildman–Crippen MR) is 61.9 cm³/mol. The van der Waals surface area contributed by atoms with Crippen LogP contribution in [0.3, 0.4) is 0 Å². The zero-order valence-corrected chi connectivity index (χ0v) is 9.51. The SMILES string of the molecule is CNC1(CCO)CCc2ccc(C)cc21. The zero-order valence-electron chi connectivity index (χ0n) is 9.51. The molecule has 0 fully saturated rings. The molecule has 0 spiro atoms. The molecule has 0 saturated heterocycles. The molecule has 0 bridgehead atoms. The third-order valence-corrected chi connectivity index (χ3v) is 3.62. The minimum atomic E-state index is 0.0100. The summed E-state index contributed by atoms with van der Waals surface area (Å²) in [6, 6.07) is 6.65. The van der Waals surface area contributed by atoms with E-state index >= 15 is 0 Å². The smallest absolute Gasteiger partial charge is 0.0460 e. The van der Waals surface area contributed by atoms with Crippen LogP contribution >= 0.6 is 0 Å². The van der Waals surface area contributed by atoms with Gasteiger partial charge in [0.05, 0.1) is 0 Å². The first kappa shape index (κ1) is 10.7. The molecule has 1 aliphatic carbocycles. The van der Waals surface area contributed by atoms with Crippen molar-refractivity contribution in [2.24, 2.45) is 0 Å². The summed E-state index contributed by atoms with van der Waals surface area (Å²) in [5.74, 6) is 0. The Balaban J connectivity index is 2.44. The predicted octanol–water partition coefficient (Wildman–Crippen LogP) is 1.74. The average molecular weight is 205 g/mol. The van der Waals surface area contributed by atoms with Crippen LogP contribution in [0, 0.1) is 6.92 Å². The molecule has 2 nitrogen and oxygen atoms in total. The second-order valence-electron chi connectivity index (χ2n) is 4.47. The van der Waals surface area contributed by atoms with E-state index in [1.165, 1.54) is 16.7 Å². The van der Waals surface area contributed by atoms with Gasteiger partial charge in [-0.2, -0.15) is 0 Å². The van der Waals surface area contributed by atoms with Gasteiger partial charge in [0.25, 0.3) is 0 Å². The first-order valence-corrected chi connectivity index (χ1v) is 5.61. The first-order valence-electron chi connectivity index (χ1n) is 5.61. The minimum absolute atomic E-state index is 0.0100. The van der Waals surface area contributed by atoms with Gasteiger partial charge in [0.1, 0.15) is 0 Å². The van der Waals surface area contributed by atoms with E-state index in [1.807, 2.05) is 7.05 Å². The van der Waals surface area contributed by atoms with Gasteiger partial charge in [0.2, 0.25) is 0 Å². The highest BCUT2D eigenvalue weighted by molar-refractivity contribution is 5.41. The molecule has 0 heterocycles. The highest BCUT2D eigenvalue weighted by Gasteiger charge is 2.36. The van der Waals surface area contributed by atoms with Gasteiger partial charge >= 0.3 is 0 Å². The van der Waals surface area contributed by atoms with Crippen molar-refractivity contribution >= 4 is 0 Å². The van der Waals surface area contributed by atoms with Crippen LogP contribution < -0.4 is 5.32 Å². The molecule has 1 aromatic rings. The summed E-state index contributed by atoms with van der Waals surface area (Å²) < 4.78 is 0. The van der Waals surface area contributed by atoms with E-state index in [0.29, 0.717) is 0 Å². The highest BCUT2D eigenvalue weighted by atomic mass is 16.3. The molecule has 0 aliphatic heterocycles. The molecule has 1 atom stereocenters. The molecule has 15 heavy (non-hydrogen) atoms. The summed E-state index contributed by atoms with van der Waals surface area (Å²) in [5.41, 5.74) is 4.13. The van der Waals surface area contributed by atoms with Gasteiger partial charge < -0.3 is 10.4 Å². The summed E-state index contributed by atoms with van der Waals surface area (Å²) in [5, 5.41) is 12.6. The molecule has 0 amide bonds. The lowest BCUT2D eigenvalue weighted by Crippen LogP contribution is -2.38. The lowest BCUT2D eigenvalue weighted by Gasteiger charge is -2.29. The Labute approximate surface area is 91.3 Å². The summed E-state index contributed by atoms with van der Waals surface area (Å²) in [7, 11) is 1.99. The molecule has 82 valence electrons. The van der Waals surface area contributed by atoms with E-state index in [0.717, 1.165) is 19.3 Å². The number of benzene rings is 1. The summed E-state index contributed by atoms with van der Waals surface area (Å²) in [4.78, 5) is 0. The van der Waals surface area contributed by atoms with Crippen LogP contribution in [0.5, 0.6) is 0 Å². The maximum atomic E-state index is 9.18. The fraction of sp³-hybridized carbons (Fsp3) is 0.538. The van der Waals surface area contributed by atoms with Crippen LogP contribution in [0.15, 0.2) is 18.2 Å². The number of hydrogen-bond donors (Lipinski definition) is 2. The van der Waals surface area contributed by atoms with E-state index in [2.05, 4.69) is 30.4 Å². The Morgan fingerprint density at radius 3 is 2.93 bits per heavy atom. The van der Waals surface area contributed by atoms with Crippen molar-refractivity contribution in [3.05, 3.63) is 34.9 Å². The highest BCUT2D eigenvalue weighted by Crippen LogP contribution is 2.39. The second kappa shape index (κ2) is 3.95. The lowest BCUT2D eigenvalue weighted by atomic mass is 9.88. The third-order valence-electron chi connectivity index (χ3n) is 3.62. The molecular formula is C13H19NO. The van der Waals surface area contributed by atoms with E-state index in [1.54, 1.807) is 0 Å². The Morgan fingerprint density at radius 2 is 2.27 bits per heavy atom. The van der Waals surface area contributed by atoms with Crippen LogP contribution in [0.1, 0.15) is 29.5 Å². The van der Waals surface area contributed by atoms with Crippen LogP contribution in [-0.4, -0.2) is 18.8 Å². The summed E-state index contributed by atoms with van der Waals surface area (Å²) >= 11 is 0. The van der Waals surface area contributed by atoms with Crippen LogP contribution in [-0.2, 0) is 12.0 Å². The Hall–Kier alpha value is -0.860. The van der Waals surface area contributed by atoms with Gasteiger partial charge in [-0.1, -0.05) is 23.8 Å². The number of rotatable bonds is 3. The zero-order chi connectivity index (χ0) is 10.9. The number of hydrogen-bond acceptors (Lipinski definition) is 2. The molecule has 1 unspecified atom stereocenters. The molecular weight excluding hydrogens is 186 g/mol. The molecule has 0 saturated carbocycles. The maximum absolute atomic E-state index is 9.18. The maximum Gasteiger partial charge on any atom is 0.0460 e. The van der Waals surface area contributed by atoms with Crippen molar-refractivity contribution in [1.82, 2.24) is 5.32 Å². The fourth-order valence-corrected chi connectivity index (χ4v) is 2.67. The monoisotopic (exact) mass is 205 g/mol. The van der Waals surface area contributed by atoms with Crippen molar-refractivity contribution in [2.75, 3.05) is 13.7 Å². The van der Waals surface area contributed by atoms with Gasteiger partial charge in [-0.25, -0.2) is 0 Å². The molecule has 2 N–H and O–H groups in total. The van der Waals surface area contributed by atoms with Crippen molar-refractivity contribution in [1.29, 1.82) is 0 Å². The number of aliphatic hydroxyl groups excluding tert-OH is 1. The normalized spacial score (nSPS) is 24.2. The molecule has 1 aromatic carbocycles. The molecule has 0 aromatic heterocycles. The largest absolute Gasteiger partial charge is 0.396 e. The van der Waals surface area contributed by atoms with Crippen molar-refractivity contribution < 1.29 is 5.11 Å². The average Bonchev–Trinajstić information content (AvgIpc) is 2.58. The Bertz CT molecular complexity index is 358. The molecule has 0 radical (unpaired) electrons. The van der Waals surface area contributed by atoms with Crippen molar-refractivity contribution in [3.8, 4) is 0 Å². The third kappa shape index (κ3) is 1.68. The Morgan fingerprint density at radius 1 is 1.47 bits per heavy atom. The first-order chi connectivity index (χ1) is 7.22. The van der Waals surface area contributed by atoms with Gasteiger partial charge in [0.15, 0.2) is 0 Å². The second-order valence-corrected chi connectivity index (χ2v) is 4.47. The van der Waals surface area contributed by atoms with E-state index in [4.69, 9.17) is 0 Å². The van der Waals surface area contributed by atoms with Gasteiger partial charge in [-0.3, -0.25) is 0 Å². The standard InChI is InChI=1S/C13H19NO/c1-10-3-4-11-5-6-13(14-2,7-8-15)12(11)9-10/h3-4,9,14-15H,5-8H2,1-2H3. The number of nitrogens with one attached hydrogen (secondary N) is 1. The topological polar surface area (TPSA) is 32.3 Å². The summed E-state index contributed by atoms with van der Waals surface area (Å²) in [6.45, 7) is 2.37. The quantitative estimate of drug-likeness (QED) is 0.787. The van der Waals surface area contributed by atoms with Crippen LogP contribution in [0.2, 0.25) is 0 Å². The number of aryl methyl sites for hydroxylation is 2. The molecule has 1 aliphatic rings. The van der Waals surface area contributed by atoms with E-state index in [-0.39, 0.29) is 12.1 Å². The summed E-state index contributed by atoms with van der Waals surface area (Å²) in [6.07, 6.45) is 3.03. The Kier molecular flexibility index (Phi) is 2.81. The van der Waals surface area contributed by atoms with Gasteiger partial charge in [-0.15, -0.1) is 0 Å². The van der Waals surface area contributed by atoms with E-state index in [9.17, 15) is 5.11 Å². The van der Waals surface area contributed by atoms with Crippen LogP contribution in [0.4, 0.5) is 0 Å². The van der Waals surface area contributed by atoms with Gasteiger partial charge in [0, 0.05) is 12.1 Å². The van der Waals surface area contributed by atoms with Crippen LogP contribution in [0.25, 0.3) is 0 Å². The molecule has 2 rings (SSSR count). The van der Waals surface area contributed by atoms with Crippen molar-refractivity contribution in [2.45, 2.75) is 31.7 Å².